The molecule has 31 heavy (non-hydrogen) atoms. The Kier molecular flexibility index (Phi) is 8.14. The number of hydrogen-bond acceptors (Lipinski definition) is 5. The Morgan fingerprint density at radius 2 is 1.97 bits per heavy atom. The number of carbonyl (C=O) groups is 1. The fourth-order valence-corrected chi connectivity index (χ4v) is 5.03. The van der Waals surface area contributed by atoms with E-state index in [1.165, 1.54) is 28.8 Å². The van der Waals surface area contributed by atoms with Crippen LogP contribution in [0, 0.1) is 0 Å². The van der Waals surface area contributed by atoms with E-state index in [4.69, 9.17) is 11.6 Å². The maximum atomic E-state index is 12.5. The third-order valence-electron chi connectivity index (χ3n) is 4.40. The lowest BCUT2D eigenvalue weighted by Crippen LogP contribution is -2.38. The fraction of sp³-hybridized carbons (Fsp3) is 0.238. The zero-order valence-electron chi connectivity index (χ0n) is 16.9. The Balaban J connectivity index is 1.60. The molecule has 0 saturated carbocycles. The summed E-state index contributed by atoms with van der Waals surface area (Å²) in [4.78, 5) is 13.6. The molecule has 0 bridgehead atoms. The smallest absolute Gasteiger partial charge is 0.243 e. The second kappa shape index (κ2) is 10.8. The third kappa shape index (κ3) is 7.10. The average Bonchev–Trinajstić information content (AvgIpc) is 3.19. The van der Waals surface area contributed by atoms with Gasteiger partial charge in [0.05, 0.1) is 12.2 Å². The Hall–Kier alpha value is -2.33. The minimum absolute atomic E-state index is 0.0222. The Morgan fingerprint density at radius 3 is 2.65 bits per heavy atom. The number of nitrogens with one attached hydrogen (secondary N) is 2. The van der Waals surface area contributed by atoms with Crippen LogP contribution in [-0.2, 0) is 21.9 Å². The minimum atomic E-state index is -3.74. The van der Waals surface area contributed by atoms with Crippen LogP contribution in [0.25, 0.3) is 0 Å². The number of aromatic nitrogens is 2. The van der Waals surface area contributed by atoms with E-state index in [1.807, 2.05) is 48.5 Å². The Morgan fingerprint density at radius 1 is 1.19 bits per heavy atom. The minimum Gasteiger partial charge on any atom is -0.348 e. The van der Waals surface area contributed by atoms with Gasteiger partial charge in [-0.25, -0.2) is 13.1 Å². The van der Waals surface area contributed by atoms with Gasteiger partial charge in [-0.3, -0.25) is 9.48 Å². The van der Waals surface area contributed by atoms with Gasteiger partial charge in [0.25, 0.3) is 0 Å². The lowest BCUT2D eigenvalue weighted by Gasteiger charge is -2.20. The Bertz CT molecular complexity index is 1120. The topological polar surface area (TPSA) is 93.1 Å². The van der Waals surface area contributed by atoms with Crippen molar-refractivity contribution in [1.29, 1.82) is 0 Å². The standard InChI is InChI=1S/C21H23ClN4O3S2/c1-26-15-19(13-23-26)31(28,29)24-14-20(16-6-3-2-4-7-16)25-21(27)10-11-30-18-9-5-8-17(22)12-18/h2-9,12-13,15,20,24H,10-11,14H2,1H3,(H,25,27). The number of benzene rings is 2. The highest BCUT2D eigenvalue weighted by molar-refractivity contribution is 7.99. The van der Waals surface area contributed by atoms with Gasteiger partial charge in [-0.15, -0.1) is 11.8 Å². The van der Waals surface area contributed by atoms with Crippen LogP contribution in [0.5, 0.6) is 0 Å². The molecular weight excluding hydrogens is 456 g/mol. The van der Waals surface area contributed by atoms with Gasteiger partial charge in [0.1, 0.15) is 4.90 Å². The molecule has 3 rings (SSSR count). The number of amides is 1. The van der Waals surface area contributed by atoms with Crippen LogP contribution in [0.4, 0.5) is 0 Å². The van der Waals surface area contributed by atoms with E-state index in [0.29, 0.717) is 10.8 Å². The van der Waals surface area contributed by atoms with Crippen LogP contribution in [-0.4, -0.2) is 36.4 Å². The van der Waals surface area contributed by atoms with E-state index in [-0.39, 0.29) is 23.8 Å². The molecule has 1 aromatic heterocycles. The molecular formula is C21H23ClN4O3S2. The second-order valence-electron chi connectivity index (χ2n) is 6.79. The first kappa shape index (κ1) is 23.3. The molecule has 3 aromatic rings. The molecule has 0 saturated heterocycles. The molecule has 1 heterocycles. The summed E-state index contributed by atoms with van der Waals surface area (Å²) in [5, 5.41) is 7.48. The SMILES string of the molecule is Cn1cc(S(=O)(=O)NCC(NC(=O)CCSc2cccc(Cl)c2)c2ccccc2)cn1. The number of carbonyl (C=O) groups excluding carboxylic acids is 1. The normalized spacial score (nSPS) is 12.5. The molecule has 0 fully saturated rings. The number of nitrogens with zero attached hydrogens (tertiary/aromatic N) is 2. The van der Waals surface area contributed by atoms with Crippen LogP contribution in [0.2, 0.25) is 5.02 Å². The molecule has 7 nitrogen and oxygen atoms in total. The van der Waals surface area contributed by atoms with Crippen molar-refractivity contribution in [3.8, 4) is 0 Å². The molecule has 2 aromatic carbocycles. The fourth-order valence-electron chi connectivity index (χ4n) is 2.84. The summed E-state index contributed by atoms with van der Waals surface area (Å²) in [7, 11) is -2.09. The van der Waals surface area contributed by atoms with Gasteiger partial charge in [0.15, 0.2) is 0 Å². The van der Waals surface area contributed by atoms with E-state index in [0.717, 1.165) is 10.5 Å². The van der Waals surface area contributed by atoms with Gasteiger partial charge < -0.3 is 5.32 Å². The quantitative estimate of drug-likeness (QED) is 0.436. The first-order chi connectivity index (χ1) is 14.8. The monoisotopic (exact) mass is 478 g/mol. The van der Waals surface area contributed by atoms with Crippen LogP contribution < -0.4 is 10.0 Å². The van der Waals surface area contributed by atoms with Gasteiger partial charge in [-0.2, -0.15) is 5.10 Å². The van der Waals surface area contributed by atoms with Crippen LogP contribution in [0.3, 0.4) is 0 Å². The summed E-state index contributed by atoms with van der Waals surface area (Å²) in [6.45, 7) is 0.0222. The average molecular weight is 479 g/mol. The highest BCUT2D eigenvalue weighted by Gasteiger charge is 2.20. The van der Waals surface area contributed by atoms with E-state index >= 15 is 0 Å². The molecule has 1 atom stereocenters. The van der Waals surface area contributed by atoms with Crippen molar-refractivity contribution in [2.45, 2.75) is 22.3 Å². The molecule has 0 aliphatic heterocycles. The summed E-state index contributed by atoms with van der Waals surface area (Å²) >= 11 is 7.52. The first-order valence-corrected chi connectivity index (χ1v) is 12.4. The largest absolute Gasteiger partial charge is 0.348 e. The first-order valence-electron chi connectivity index (χ1n) is 9.54. The Labute approximate surface area is 191 Å². The molecule has 0 spiro atoms. The number of sulfonamides is 1. The van der Waals surface area contributed by atoms with Gasteiger partial charge in [-0.05, 0) is 23.8 Å². The van der Waals surface area contributed by atoms with Crippen LogP contribution in [0.1, 0.15) is 18.0 Å². The number of aryl methyl sites for hydroxylation is 1. The van der Waals surface area contributed by atoms with E-state index in [2.05, 4.69) is 15.1 Å². The summed E-state index contributed by atoms with van der Waals surface area (Å²) in [6, 6.07) is 16.2. The third-order valence-corrected chi connectivity index (χ3v) is 7.01. The van der Waals surface area contributed by atoms with Crippen LogP contribution >= 0.6 is 23.4 Å². The van der Waals surface area contributed by atoms with E-state index in [9.17, 15) is 13.2 Å². The molecule has 10 heteroatoms. The van der Waals surface area contributed by atoms with Gasteiger partial charge in [0.2, 0.25) is 15.9 Å². The number of rotatable bonds is 10. The summed E-state index contributed by atoms with van der Waals surface area (Å²) in [5.74, 6) is 0.415. The second-order valence-corrected chi connectivity index (χ2v) is 10.2. The maximum absolute atomic E-state index is 12.5. The van der Waals surface area contributed by atoms with E-state index < -0.39 is 16.1 Å². The summed E-state index contributed by atoms with van der Waals surface area (Å²) < 4.78 is 29.0. The molecule has 0 radical (unpaired) electrons. The van der Waals surface area contributed by atoms with Crippen molar-refractivity contribution in [3.63, 3.8) is 0 Å². The lowest BCUT2D eigenvalue weighted by molar-refractivity contribution is -0.121. The van der Waals surface area contributed by atoms with Crippen molar-refractivity contribution in [1.82, 2.24) is 19.8 Å². The summed E-state index contributed by atoms with van der Waals surface area (Å²) in [5.41, 5.74) is 0.812. The van der Waals surface area contributed by atoms with Crippen molar-refractivity contribution in [3.05, 3.63) is 77.6 Å². The van der Waals surface area contributed by atoms with Crippen molar-refractivity contribution in [2.24, 2.45) is 7.05 Å². The van der Waals surface area contributed by atoms with Crippen molar-refractivity contribution in [2.75, 3.05) is 12.3 Å². The number of thioether (sulfide) groups is 1. The van der Waals surface area contributed by atoms with Gasteiger partial charge in [0, 0.05) is 41.9 Å². The van der Waals surface area contributed by atoms with Crippen molar-refractivity contribution < 1.29 is 13.2 Å². The van der Waals surface area contributed by atoms with Crippen LogP contribution in [0.15, 0.2) is 76.8 Å². The number of halogens is 1. The molecule has 164 valence electrons. The summed E-state index contributed by atoms with van der Waals surface area (Å²) in [6.07, 6.45) is 2.99. The molecule has 2 N–H and O–H groups in total. The van der Waals surface area contributed by atoms with E-state index in [1.54, 1.807) is 13.1 Å². The highest BCUT2D eigenvalue weighted by Crippen LogP contribution is 2.22. The molecule has 0 aliphatic rings. The molecule has 1 unspecified atom stereocenters. The number of hydrogen-bond donors (Lipinski definition) is 2. The molecule has 0 aliphatic carbocycles. The highest BCUT2D eigenvalue weighted by atomic mass is 35.5. The predicted octanol–water partition coefficient (Wildman–Crippen LogP) is 3.39. The van der Waals surface area contributed by atoms with Crippen molar-refractivity contribution >= 4 is 39.3 Å². The van der Waals surface area contributed by atoms with Gasteiger partial charge >= 0.3 is 0 Å². The zero-order valence-corrected chi connectivity index (χ0v) is 19.3. The predicted molar refractivity (Wildman–Crippen MR) is 123 cm³/mol. The maximum Gasteiger partial charge on any atom is 0.243 e. The zero-order chi connectivity index (χ0) is 22.3. The lowest BCUT2D eigenvalue weighted by atomic mass is 10.1. The van der Waals surface area contributed by atoms with Gasteiger partial charge in [-0.1, -0.05) is 48.0 Å². The molecule has 1 amide bonds.